The van der Waals surface area contributed by atoms with Gasteiger partial charge in [-0.05, 0) is 45.2 Å². The van der Waals surface area contributed by atoms with Crippen molar-refractivity contribution in [3.05, 3.63) is 87.7 Å². The molecule has 0 radical (unpaired) electrons. The van der Waals surface area contributed by atoms with Gasteiger partial charge in [-0.3, -0.25) is 4.57 Å². The number of carbonyl (C=O) groups is 1. The highest BCUT2D eigenvalue weighted by Crippen LogP contribution is 2.40. The Labute approximate surface area is 225 Å². The Balaban J connectivity index is 1.89. The second-order valence-electron chi connectivity index (χ2n) is 9.62. The van der Waals surface area contributed by atoms with E-state index in [-0.39, 0.29) is 5.04 Å². The lowest BCUT2D eigenvalue weighted by Crippen LogP contribution is -2.66. The summed E-state index contributed by atoms with van der Waals surface area (Å²) >= 11 is 4.93. The molecule has 4 aromatic rings. The minimum atomic E-state index is -2.83. The van der Waals surface area contributed by atoms with Gasteiger partial charge in [-0.1, -0.05) is 81.4 Å². The minimum absolute atomic E-state index is 0.188. The summed E-state index contributed by atoms with van der Waals surface area (Å²) in [5.74, 6) is 0.889. The number of methoxy groups -OCH3 is 1. The van der Waals surface area contributed by atoms with E-state index in [4.69, 9.17) is 9.16 Å². The number of ether oxygens (including phenoxy) is 1. The fourth-order valence-electron chi connectivity index (χ4n) is 4.68. The molecule has 0 spiro atoms. The molecule has 0 N–H and O–H groups in total. The third-order valence-corrected chi connectivity index (χ3v) is 13.3. The van der Waals surface area contributed by atoms with Gasteiger partial charge in [0.1, 0.15) is 22.5 Å². The van der Waals surface area contributed by atoms with E-state index in [0.717, 1.165) is 0 Å². The van der Waals surface area contributed by atoms with Crippen molar-refractivity contribution in [2.24, 2.45) is 0 Å². The molecule has 2 aromatic heterocycles. The van der Waals surface area contributed by atoms with Crippen molar-refractivity contribution in [3.8, 4) is 5.00 Å². The summed E-state index contributed by atoms with van der Waals surface area (Å²) in [7, 11) is -1.45. The van der Waals surface area contributed by atoms with Crippen LogP contribution in [0.1, 0.15) is 55.8 Å². The van der Waals surface area contributed by atoms with Gasteiger partial charge < -0.3 is 9.16 Å². The van der Waals surface area contributed by atoms with E-state index in [1.165, 1.54) is 28.8 Å². The fourth-order valence-corrected chi connectivity index (χ4v) is 11.1. The lowest BCUT2D eigenvalue weighted by molar-refractivity contribution is 0.0600. The third kappa shape index (κ3) is 4.61. The van der Waals surface area contributed by atoms with Gasteiger partial charge in [0.05, 0.1) is 7.11 Å². The monoisotopic (exact) mass is 583 g/mol. The molecular formula is C27H30BrN3O3SSi. The Morgan fingerprint density at radius 1 is 1.03 bits per heavy atom. The highest BCUT2D eigenvalue weighted by Gasteiger charge is 2.51. The number of hydrogen-bond donors (Lipinski definition) is 0. The van der Waals surface area contributed by atoms with Crippen LogP contribution in [-0.4, -0.2) is 36.2 Å². The van der Waals surface area contributed by atoms with Crippen LogP contribution < -0.4 is 10.4 Å². The summed E-state index contributed by atoms with van der Waals surface area (Å²) in [5.41, 5.74) is 0.448. The van der Waals surface area contributed by atoms with Crippen molar-refractivity contribution >= 4 is 51.9 Å². The molecule has 0 aliphatic carbocycles. The van der Waals surface area contributed by atoms with Crippen molar-refractivity contribution in [2.45, 2.75) is 45.8 Å². The van der Waals surface area contributed by atoms with Gasteiger partial charge in [0, 0.05) is 9.85 Å². The van der Waals surface area contributed by atoms with Crippen molar-refractivity contribution in [1.29, 1.82) is 0 Å². The molecule has 0 amide bonds. The molecule has 188 valence electrons. The van der Waals surface area contributed by atoms with E-state index >= 15 is 0 Å². The Bertz CT molecular complexity index is 1310. The van der Waals surface area contributed by atoms with Gasteiger partial charge >= 0.3 is 5.97 Å². The number of aromatic nitrogens is 3. The van der Waals surface area contributed by atoms with Crippen molar-refractivity contribution in [3.63, 3.8) is 0 Å². The molecule has 0 aliphatic rings. The van der Waals surface area contributed by atoms with E-state index in [1.807, 2.05) is 35.9 Å². The van der Waals surface area contributed by atoms with Crippen LogP contribution in [0.25, 0.3) is 5.00 Å². The second kappa shape index (κ2) is 10.4. The summed E-state index contributed by atoms with van der Waals surface area (Å²) in [6.07, 6.45) is -0.413. The maximum Gasteiger partial charge on any atom is 0.342 e. The Morgan fingerprint density at radius 3 is 2.08 bits per heavy atom. The van der Waals surface area contributed by atoms with Gasteiger partial charge in [0.2, 0.25) is 0 Å². The molecule has 1 atom stereocenters. The first-order chi connectivity index (χ1) is 17.1. The predicted octanol–water partition coefficient (Wildman–Crippen LogP) is 5.82. The van der Waals surface area contributed by atoms with Crippen LogP contribution in [0.15, 0.2) is 70.5 Å². The lowest BCUT2D eigenvalue weighted by Gasteiger charge is -2.44. The number of carbonyl (C=O) groups excluding carboxylic acids is 1. The number of thiophene rings is 1. The Hall–Kier alpha value is -2.59. The number of aryl methyl sites for hydroxylation is 1. The zero-order valence-corrected chi connectivity index (χ0v) is 24.7. The highest BCUT2D eigenvalue weighted by molar-refractivity contribution is 9.10. The zero-order valence-electron chi connectivity index (χ0n) is 21.3. The standard InChI is InChI=1S/C27H30BrN3O3SSi/c1-18(24-30-29-19(2)31(24)25-23(26(32)33-6)22(28)17-35-25)34-36(27(3,4)5,20-13-9-7-10-14-20)21-15-11-8-12-16-21/h7-18H,1-6H3. The molecule has 2 heterocycles. The quantitative estimate of drug-likeness (QED) is 0.202. The molecule has 1 unspecified atom stereocenters. The first-order valence-corrected chi connectivity index (χ1v) is 15.3. The van der Waals surface area contributed by atoms with E-state index in [0.29, 0.717) is 26.7 Å². The lowest BCUT2D eigenvalue weighted by atomic mass is 10.2. The largest absolute Gasteiger partial charge is 0.465 e. The molecular weight excluding hydrogens is 554 g/mol. The van der Waals surface area contributed by atoms with Crippen molar-refractivity contribution in [2.75, 3.05) is 7.11 Å². The van der Waals surface area contributed by atoms with Gasteiger partial charge in [-0.25, -0.2) is 4.79 Å². The molecule has 36 heavy (non-hydrogen) atoms. The zero-order chi connectivity index (χ0) is 26.1. The Kier molecular flexibility index (Phi) is 7.66. The molecule has 0 saturated heterocycles. The molecule has 0 fully saturated rings. The molecule has 0 bridgehead atoms. The van der Waals surface area contributed by atoms with Crippen LogP contribution in [0, 0.1) is 6.92 Å². The number of nitrogens with zero attached hydrogens (tertiary/aromatic N) is 3. The summed E-state index contributed by atoms with van der Waals surface area (Å²) in [6, 6.07) is 21.0. The maximum absolute atomic E-state index is 12.6. The highest BCUT2D eigenvalue weighted by atomic mass is 79.9. The third-order valence-electron chi connectivity index (χ3n) is 6.30. The minimum Gasteiger partial charge on any atom is -0.465 e. The first kappa shape index (κ1) is 26.5. The SMILES string of the molecule is COC(=O)c1c(Br)csc1-n1c(C)nnc1C(C)O[Si](c1ccccc1)(c1ccccc1)C(C)(C)C. The molecule has 6 nitrogen and oxygen atoms in total. The normalized spacial score (nSPS) is 13.0. The van der Waals surface area contributed by atoms with Crippen LogP contribution in [0.2, 0.25) is 5.04 Å². The number of esters is 1. The van der Waals surface area contributed by atoms with Crippen LogP contribution in [0.5, 0.6) is 0 Å². The summed E-state index contributed by atoms with van der Waals surface area (Å²) in [6.45, 7) is 10.6. The second-order valence-corrected chi connectivity index (χ2v) is 15.6. The van der Waals surface area contributed by atoms with Crippen LogP contribution in [-0.2, 0) is 9.16 Å². The first-order valence-electron chi connectivity index (χ1n) is 11.7. The summed E-state index contributed by atoms with van der Waals surface area (Å²) in [5, 5.41) is 13.7. The summed E-state index contributed by atoms with van der Waals surface area (Å²) in [4.78, 5) is 12.6. The van der Waals surface area contributed by atoms with Crippen LogP contribution >= 0.6 is 27.3 Å². The maximum atomic E-state index is 12.6. The van der Waals surface area contributed by atoms with E-state index in [9.17, 15) is 4.79 Å². The number of benzene rings is 2. The molecule has 9 heteroatoms. The van der Waals surface area contributed by atoms with E-state index in [2.05, 4.69) is 95.4 Å². The smallest absolute Gasteiger partial charge is 0.342 e. The number of hydrogen-bond acceptors (Lipinski definition) is 6. The summed E-state index contributed by atoms with van der Waals surface area (Å²) < 4.78 is 14.9. The molecule has 0 aliphatic heterocycles. The van der Waals surface area contributed by atoms with Gasteiger partial charge in [-0.2, -0.15) is 0 Å². The topological polar surface area (TPSA) is 66.2 Å². The fraction of sp³-hybridized carbons (Fsp3) is 0.296. The van der Waals surface area contributed by atoms with Crippen molar-refractivity contribution < 1.29 is 14.0 Å². The Morgan fingerprint density at radius 2 is 1.58 bits per heavy atom. The van der Waals surface area contributed by atoms with Crippen molar-refractivity contribution in [1.82, 2.24) is 14.8 Å². The van der Waals surface area contributed by atoms with Gasteiger partial charge in [-0.15, -0.1) is 21.5 Å². The van der Waals surface area contributed by atoms with Gasteiger partial charge in [0.15, 0.2) is 5.82 Å². The molecule has 2 aromatic carbocycles. The molecule has 0 saturated carbocycles. The van der Waals surface area contributed by atoms with E-state index in [1.54, 1.807) is 0 Å². The average Bonchev–Trinajstić information content (AvgIpc) is 3.44. The predicted molar refractivity (Wildman–Crippen MR) is 150 cm³/mol. The van der Waals surface area contributed by atoms with Crippen LogP contribution in [0.4, 0.5) is 0 Å². The average molecular weight is 585 g/mol. The number of halogens is 1. The van der Waals surface area contributed by atoms with Crippen LogP contribution in [0.3, 0.4) is 0 Å². The molecule has 4 rings (SSSR count). The van der Waals surface area contributed by atoms with E-state index < -0.39 is 20.4 Å². The van der Waals surface area contributed by atoms with Gasteiger partial charge in [0.25, 0.3) is 8.32 Å². The number of rotatable bonds is 7.